The summed E-state index contributed by atoms with van der Waals surface area (Å²) in [5.41, 5.74) is -0.958. The fourth-order valence-corrected chi connectivity index (χ4v) is 0.985. The van der Waals surface area contributed by atoms with Gasteiger partial charge in [-0.15, -0.1) is 0 Å². The summed E-state index contributed by atoms with van der Waals surface area (Å²) in [4.78, 5) is 20.3. The lowest BCUT2D eigenvalue weighted by Crippen LogP contribution is -2.02. The Morgan fingerprint density at radius 1 is 1.54 bits per heavy atom. The molecule has 0 bridgehead atoms. The Kier molecular flexibility index (Phi) is 2.36. The van der Waals surface area contributed by atoms with E-state index < -0.39 is 22.2 Å². The van der Waals surface area contributed by atoms with Gasteiger partial charge < -0.3 is 0 Å². The van der Waals surface area contributed by atoms with E-state index in [4.69, 9.17) is 0 Å². The molecule has 0 saturated heterocycles. The highest BCUT2D eigenvalue weighted by Crippen LogP contribution is 2.22. The zero-order valence-electron chi connectivity index (χ0n) is 6.78. The number of carbonyl (C=O) groups excluding carboxylic acids is 1. The molecule has 0 aliphatic carbocycles. The molecule has 0 atom stereocenters. The van der Waals surface area contributed by atoms with Crippen molar-refractivity contribution in [2.45, 2.75) is 6.92 Å². The Morgan fingerprint density at radius 3 is 2.54 bits per heavy atom. The normalized spacial score (nSPS) is 9.69. The maximum Gasteiger partial charge on any atom is 0.315 e. The van der Waals surface area contributed by atoms with E-state index in [-0.39, 0.29) is 5.56 Å². The molecule has 0 radical (unpaired) electrons. The summed E-state index contributed by atoms with van der Waals surface area (Å²) in [7, 11) is 0. The van der Waals surface area contributed by atoms with Crippen LogP contribution in [-0.4, -0.2) is 10.7 Å². The van der Waals surface area contributed by atoms with E-state index in [0.29, 0.717) is 0 Å². The van der Waals surface area contributed by atoms with Crippen LogP contribution in [0, 0.1) is 15.9 Å². The van der Waals surface area contributed by atoms with E-state index in [0.717, 1.165) is 13.0 Å². The standard InChI is InChI=1S/C8H6FNO3/c1-5(11)6-3-2-4-7(9)8(6)10(12)13/h2-4H,1H3. The van der Waals surface area contributed by atoms with Gasteiger partial charge in [0.15, 0.2) is 5.78 Å². The third-order valence-corrected chi connectivity index (χ3v) is 1.55. The number of Topliss-reactive ketones (excluding diaryl/α,β-unsaturated/α-hetero) is 1. The smallest absolute Gasteiger partial charge is 0.294 e. The van der Waals surface area contributed by atoms with Crippen LogP contribution in [0.4, 0.5) is 10.1 Å². The number of benzene rings is 1. The molecule has 1 aromatic carbocycles. The second-order valence-electron chi connectivity index (χ2n) is 2.45. The van der Waals surface area contributed by atoms with Gasteiger partial charge in [0.2, 0.25) is 5.82 Å². The van der Waals surface area contributed by atoms with Crippen molar-refractivity contribution < 1.29 is 14.1 Å². The van der Waals surface area contributed by atoms with Gasteiger partial charge in [-0.3, -0.25) is 14.9 Å². The molecule has 13 heavy (non-hydrogen) atoms. The first-order valence-electron chi connectivity index (χ1n) is 3.48. The van der Waals surface area contributed by atoms with Crippen LogP contribution in [0.3, 0.4) is 0 Å². The zero-order valence-corrected chi connectivity index (χ0v) is 6.78. The van der Waals surface area contributed by atoms with Gasteiger partial charge in [-0.05, 0) is 19.1 Å². The van der Waals surface area contributed by atoms with Crippen molar-refractivity contribution in [3.63, 3.8) is 0 Å². The first-order valence-corrected chi connectivity index (χ1v) is 3.48. The van der Waals surface area contributed by atoms with Gasteiger partial charge in [0.05, 0.1) is 10.5 Å². The van der Waals surface area contributed by atoms with Crippen LogP contribution in [0.5, 0.6) is 0 Å². The minimum atomic E-state index is -0.988. The van der Waals surface area contributed by atoms with Crippen molar-refractivity contribution in [1.29, 1.82) is 0 Å². The fourth-order valence-electron chi connectivity index (χ4n) is 0.985. The quantitative estimate of drug-likeness (QED) is 0.400. The number of ketones is 1. The highest BCUT2D eigenvalue weighted by atomic mass is 19.1. The summed E-state index contributed by atoms with van der Waals surface area (Å²) in [6.45, 7) is 1.15. The molecular weight excluding hydrogens is 177 g/mol. The summed E-state index contributed by atoms with van der Waals surface area (Å²) < 4.78 is 12.9. The molecule has 0 aliphatic heterocycles. The second-order valence-corrected chi connectivity index (χ2v) is 2.45. The van der Waals surface area contributed by atoms with E-state index in [1.54, 1.807) is 0 Å². The highest BCUT2D eigenvalue weighted by Gasteiger charge is 2.21. The molecule has 0 saturated carbocycles. The molecule has 5 heteroatoms. The molecule has 0 aromatic heterocycles. The van der Waals surface area contributed by atoms with Gasteiger partial charge >= 0.3 is 5.69 Å². The molecule has 1 rings (SSSR count). The molecule has 0 fully saturated rings. The topological polar surface area (TPSA) is 60.2 Å². The molecule has 68 valence electrons. The summed E-state index contributed by atoms with van der Waals surface area (Å²) in [5, 5.41) is 10.4. The number of rotatable bonds is 2. The molecular formula is C8H6FNO3. The lowest BCUT2D eigenvalue weighted by atomic mass is 10.1. The largest absolute Gasteiger partial charge is 0.315 e. The maximum atomic E-state index is 12.9. The molecule has 0 N–H and O–H groups in total. The minimum Gasteiger partial charge on any atom is -0.294 e. The predicted octanol–water partition coefficient (Wildman–Crippen LogP) is 1.94. The Morgan fingerprint density at radius 2 is 2.15 bits per heavy atom. The van der Waals surface area contributed by atoms with E-state index in [9.17, 15) is 19.3 Å². The Bertz CT molecular complexity index is 376. The van der Waals surface area contributed by atoms with E-state index in [1.807, 2.05) is 0 Å². The lowest BCUT2D eigenvalue weighted by Gasteiger charge is -1.98. The van der Waals surface area contributed by atoms with Crippen LogP contribution in [-0.2, 0) is 0 Å². The van der Waals surface area contributed by atoms with Crippen LogP contribution in [0.1, 0.15) is 17.3 Å². The average molecular weight is 183 g/mol. The third kappa shape index (κ3) is 1.69. The summed E-state index contributed by atoms with van der Waals surface area (Å²) in [5.74, 6) is -1.51. The van der Waals surface area contributed by atoms with Crippen molar-refractivity contribution in [2.24, 2.45) is 0 Å². The van der Waals surface area contributed by atoms with Gasteiger partial charge in [-0.25, -0.2) is 0 Å². The first-order chi connectivity index (χ1) is 6.04. The number of nitro benzene ring substituents is 1. The molecule has 0 heterocycles. The molecule has 0 aliphatic rings. The van der Waals surface area contributed by atoms with Crippen LogP contribution >= 0.6 is 0 Å². The number of hydrogen-bond acceptors (Lipinski definition) is 3. The van der Waals surface area contributed by atoms with Crippen LogP contribution in [0.25, 0.3) is 0 Å². The number of nitro groups is 1. The minimum absolute atomic E-state index is 0.204. The zero-order chi connectivity index (χ0) is 10.0. The predicted molar refractivity (Wildman–Crippen MR) is 43.1 cm³/mol. The lowest BCUT2D eigenvalue weighted by molar-refractivity contribution is -0.387. The van der Waals surface area contributed by atoms with Crippen molar-refractivity contribution in [3.05, 3.63) is 39.7 Å². The Balaban J connectivity index is 3.43. The molecule has 0 amide bonds. The molecule has 0 unspecified atom stereocenters. The van der Waals surface area contributed by atoms with Crippen molar-refractivity contribution in [2.75, 3.05) is 0 Å². The summed E-state index contributed by atoms with van der Waals surface area (Å²) >= 11 is 0. The summed E-state index contributed by atoms with van der Waals surface area (Å²) in [6, 6.07) is 3.44. The number of hydrogen-bond donors (Lipinski definition) is 0. The SMILES string of the molecule is CC(=O)c1cccc(F)c1[N+](=O)[O-]. The van der Waals surface area contributed by atoms with E-state index in [1.165, 1.54) is 12.1 Å². The molecule has 4 nitrogen and oxygen atoms in total. The average Bonchev–Trinajstić information content (AvgIpc) is 2.02. The van der Waals surface area contributed by atoms with Gasteiger partial charge in [0.1, 0.15) is 0 Å². The van der Waals surface area contributed by atoms with Gasteiger partial charge in [-0.1, -0.05) is 6.07 Å². The van der Waals surface area contributed by atoms with Crippen LogP contribution in [0.2, 0.25) is 0 Å². The summed E-state index contributed by atoms with van der Waals surface area (Å²) in [6.07, 6.45) is 0. The van der Waals surface area contributed by atoms with Crippen molar-refractivity contribution in [3.8, 4) is 0 Å². The van der Waals surface area contributed by atoms with E-state index >= 15 is 0 Å². The monoisotopic (exact) mass is 183 g/mol. The maximum absolute atomic E-state index is 12.9. The van der Waals surface area contributed by atoms with Gasteiger partial charge in [-0.2, -0.15) is 4.39 Å². The van der Waals surface area contributed by atoms with E-state index in [2.05, 4.69) is 0 Å². The van der Waals surface area contributed by atoms with Crippen LogP contribution < -0.4 is 0 Å². The Hall–Kier alpha value is -1.78. The molecule has 0 spiro atoms. The highest BCUT2D eigenvalue weighted by molar-refractivity contribution is 5.98. The van der Waals surface area contributed by atoms with Crippen molar-refractivity contribution in [1.82, 2.24) is 0 Å². The third-order valence-electron chi connectivity index (χ3n) is 1.55. The van der Waals surface area contributed by atoms with Crippen molar-refractivity contribution >= 4 is 11.5 Å². The number of halogens is 1. The fraction of sp³-hybridized carbons (Fsp3) is 0.125. The number of nitrogens with zero attached hydrogens (tertiary/aromatic N) is 1. The van der Waals surface area contributed by atoms with Gasteiger partial charge in [0, 0.05) is 0 Å². The van der Waals surface area contributed by atoms with Crippen LogP contribution in [0.15, 0.2) is 18.2 Å². The second kappa shape index (κ2) is 3.30. The number of carbonyl (C=O) groups is 1. The molecule has 1 aromatic rings. The number of para-hydroxylation sites is 1. The first kappa shape index (κ1) is 9.31. The Labute approximate surface area is 73.1 Å². The van der Waals surface area contributed by atoms with Gasteiger partial charge in [0.25, 0.3) is 0 Å².